The molecule has 2 aromatic carbocycles. The summed E-state index contributed by atoms with van der Waals surface area (Å²) in [5.74, 6) is -2.20. The Morgan fingerprint density at radius 3 is 2.58 bits per heavy atom. The van der Waals surface area contributed by atoms with Crippen LogP contribution in [0.2, 0.25) is 0 Å². The second-order valence-electron chi connectivity index (χ2n) is 5.36. The van der Waals surface area contributed by atoms with Crippen molar-refractivity contribution in [3.8, 4) is 0 Å². The molecule has 3 rings (SSSR count). The van der Waals surface area contributed by atoms with E-state index in [1.165, 1.54) is 35.9 Å². The molecule has 0 aliphatic rings. The lowest BCUT2D eigenvalue weighted by atomic mass is 10.2. The van der Waals surface area contributed by atoms with E-state index in [1.807, 2.05) is 0 Å². The molecule has 1 heterocycles. The second-order valence-corrected chi connectivity index (χ2v) is 6.42. The number of halogens is 2. The summed E-state index contributed by atoms with van der Waals surface area (Å²) < 4.78 is 33.5. The monoisotopic (exact) mass is 378 g/mol. The van der Waals surface area contributed by atoms with E-state index in [0.29, 0.717) is 15.8 Å². The van der Waals surface area contributed by atoms with Gasteiger partial charge in [0.1, 0.15) is 17.3 Å². The van der Waals surface area contributed by atoms with Crippen molar-refractivity contribution >= 4 is 34.3 Å². The molecule has 0 fully saturated rings. The molecule has 6 nitrogen and oxygen atoms in total. The number of benzene rings is 2. The van der Waals surface area contributed by atoms with Gasteiger partial charge in [0.05, 0.1) is 22.4 Å². The molecule has 134 valence electrons. The predicted molar refractivity (Wildman–Crippen MR) is 91.4 cm³/mol. The zero-order valence-corrected chi connectivity index (χ0v) is 14.5. The van der Waals surface area contributed by atoms with Crippen molar-refractivity contribution < 1.29 is 23.2 Å². The van der Waals surface area contributed by atoms with Gasteiger partial charge in [-0.3, -0.25) is 10.1 Å². The average Bonchev–Trinajstić information content (AvgIpc) is 2.88. The highest BCUT2D eigenvalue weighted by atomic mass is 32.2. The van der Waals surface area contributed by atoms with Gasteiger partial charge in [-0.15, -0.1) is 0 Å². The van der Waals surface area contributed by atoms with E-state index in [2.05, 4.69) is 0 Å². The Morgan fingerprint density at radius 1 is 1.23 bits per heavy atom. The zero-order chi connectivity index (χ0) is 19.0. The number of aromatic nitrogens is 1. The van der Waals surface area contributed by atoms with E-state index in [9.17, 15) is 23.7 Å². The molecular formula is C17H12F2N2O4S. The van der Waals surface area contributed by atoms with Crippen LogP contribution < -0.4 is 0 Å². The maximum atomic E-state index is 14.1. The number of fused-ring (bicyclic) bond motifs is 1. The Hall–Kier alpha value is -2.94. The lowest BCUT2D eigenvalue weighted by molar-refractivity contribution is -0.384. The molecule has 0 N–H and O–H groups in total. The SMILES string of the molecule is COC(=O)c1c(Sc2ccc(F)cc2F)c2cc([N+](=O)[O-])ccc2n1C. The van der Waals surface area contributed by atoms with Crippen LogP contribution in [0, 0.1) is 21.7 Å². The molecule has 0 aliphatic heterocycles. The van der Waals surface area contributed by atoms with Gasteiger partial charge in [0.25, 0.3) is 5.69 Å². The number of hydrogen-bond donors (Lipinski definition) is 0. The van der Waals surface area contributed by atoms with Gasteiger partial charge < -0.3 is 9.30 Å². The van der Waals surface area contributed by atoms with Gasteiger partial charge in [0.15, 0.2) is 0 Å². The standard InChI is InChI=1S/C17H12F2N2O4S/c1-20-13-5-4-10(21(23)24)8-11(13)16(15(20)17(22)25-2)26-14-6-3-9(18)7-12(14)19/h3-8H,1-2H3. The summed E-state index contributed by atoms with van der Waals surface area (Å²) in [6, 6.07) is 7.20. The van der Waals surface area contributed by atoms with Gasteiger partial charge in [-0.05, 0) is 18.2 Å². The molecule has 3 aromatic rings. The summed E-state index contributed by atoms with van der Waals surface area (Å²) in [4.78, 5) is 23.1. The quantitative estimate of drug-likeness (QED) is 0.384. The summed E-state index contributed by atoms with van der Waals surface area (Å²) in [5, 5.41) is 11.5. The minimum absolute atomic E-state index is 0.0792. The van der Waals surface area contributed by atoms with E-state index in [-0.39, 0.29) is 16.3 Å². The summed E-state index contributed by atoms with van der Waals surface area (Å²) in [6.45, 7) is 0. The van der Waals surface area contributed by atoms with Gasteiger partial charge in [-0.25, -0.2) is 13.6 Å². The minimum atomic E-state index is -0.798. The maximum Gasteiger partial charge on any atom is 0.355 e. The van der Waals surface area contributed by atoms with Crippen LogP contribution >= 0.6 is 11.8 Å². The summed E-state index contributed by atoms with van der Waals surface area (Å²) >= 11 is 0.878. The predicted octanol–water partition coefficient (Wildman–Crippen LogP) is 4.30. The molecule has 9 heteroatoms. The highest BCUT2D eigenvalue weighted by Crippen LogP contribution is 2.40. The molecule has 0 saturated carbocycles. The first kappa shape index (κ1) is 17.9. The molecule has 0 atom stereocenters. The van der Waals surface area contributed by atoms with E-state index < -0.39 is 22.5 Å². The van der Waals surface area contributed by atoms with Crippen LogP contribution in [0.1, 0.15) is 10.5 Å². The molecule has 26 heavy (non-hydrogen) atoms. The summed E-state index contributed by atoms with van der Waals surface area (Å²) in [5.41, 5.74) is 0.499. The van der Waals surface area contributed by atoms with Crippen LogP contribution in [0.5, 0.6) is 0 Å². The first-order valence-electron chi connectivity index (χ1n) is 7.31. The number of carbonyl (C=O) groups is 1. The number of rotatable bonds is 4. The Labute approximate surface area is 150 Å². The van der Waals surface area contributed by atoms with Crippen molar-refractivity contribution in [2.24, 2.45) is 7.05 Å². The van der Waals surface area contributed by atoms with Crippen molar-refractivity contribution in [3.05, 3.63) is 63.8 Å². The largest absolute Gasteiger partial charge is 0.464 e. The fraction of sp³-hybridized carbons (Fsp3) is 0.118. The van der Waals surface area contributed by atoms with Crippen molar-refractivity contribution in [1.29, 1.82) is 0 Å². The van der Waals surface area contributed by atoms with Crippen molar-refractivity contribution in [3.63, 3.8) is 0 Å². The normalized spacial score (nSPS) is 10.9. The van der Waals surface area contributed by atoms with Gasteiger partial charge in [-0.1, -0.05) is 11.8 Å². The van der Waals surface area contributed by atoms with E-state index >= 15 is 0 Å². The van der Waals surface area contributed by atoms with Gasteiger partial charge in [0, 0.05) is 35.5 Å². The van der Waals surface area contributed by atoms with Crippen LogP contribution in [-0.2, 0) is 11.8 Å². The highest BCUT2D eigenvalue weighted by Gasteiger charge is 2.25. The fourth-order valence-corrected chi connectivity index (χ4v) is 3.71. The number of aryl methyl sites for hydroxylation is 1. The van der Waals surface area contributed by atoms with Crippen LogP contribution in [-0.4, -0.2) is 22.6 Å². The maximum absolute atomic E-state index is 14.1. The Bertz CT molecular complexity index is 1050. The number of nitrogens with zero attached hydrogens (tertiary/aromatic N) is 2. The lowest BCUT2D eigenvalue weighted by Gasteiger charge is -2.06. The number of methoxy groups -OCH3 is 1. The molecule has 0 radical (unpaired) electrons. The molecule has 0 aliphatic carbocycles. The second kappa shape index (κ2) is 6.75. The van der Waals surface area contributed by atoms with Crippen LogP contribution in [0.4, 0.5) is 14.5 Å². The molecule has 0 bridgehead atoms. The highest BCUT2D eigenvalue weighted by molar-refractivity contribution is 7.99. The van der Waals surface area contributed by atoms with E-state index in [0.717, 1.165) is 23.9 Å². The number of esters is 1. The third-order valence-corrected chi connectivity index (χ3v) is 5.00. The van der Waals surface area contributed by atoms with Crippen LogP contribution in [0.25, 0.3) is 10.9 Å². The zero-order valence-electron chi connectivity index (χ0n) is 13.7. The molecule has 0 amide bonds. The van der Waals surface area contributed by atoms with Gasteiger partial charge in [0.2, 0.25) is 0 Å². The lowest BCUT2D eigenvalue weighted by Crippen LogP contribution is -2.08. The van der Waals surface area contributed by atoms with E-state index in [4.69, 9.17) is 4.74 Å². The average molecular weight is 378 g/mol. The Kier molecular flexibility index (Phi) is 4.64. The van der Waals surface area contributed by atoms with Gasteiger partial charge >= 0.3 is 5.97 Å². The number of ether oxygens (including phenoxy) is 1. The number of nitro benzene ring substituents is 1. The number of carbonyl (C=O) groups excluding carboxylic acids is 1. The number of non-ortho nitro benzene ring substituents is 1. The number of hydrogen-bond acceptors (Lipinski definition) is 5. The fourth-order valence-electron chi connectivity index (χ4n) is 2.61. The summed E-state index contributed by atoms with van der Waals surface area (Å²) in [7, 11) is 2.81. The molecule has 0 spiro atoms. The van der Waals surface area contributed by atoms with Crippen LogP contribution in [0.3, 0.4) is 0 Å². The third-order valence-electron chi connectivity index (χ3n) is 3.83. The molecule has 1 aromatic heterocycles. The van der Waals surface area contributed by atoms with E-state index in [1.54, 1.807) is 7.05 Å². The van der Waals surface area contributed by atoms with Crippen molar-refractivity contribution in [1.82, 2.24) is 4.57 Å². The third kappa shape index (κ3) is 3.01. The Balaban J connectivity index is 2.27. The molecular weight excluding hydrogens is 366 g/mol. The number of nitro groups is 1. The first-order chi connectivity index (χ1) is 12.3. The van der Waals surface area contributed by atoms with Crippen molar-refractivity contribution in [2.45, 2.75) is 9.79 Å². The summed E-state index contributed by atoms with van der Waals surface area (Å²) in [6.07, 6.45) is 0. The van der Waals surface area contributed by atoms with Crippen LogP contribution in [0.15, 0.2) is 46.2 Å². The Morgan fingerprint density at radius 2 is 1.96 bits per heavy atom. The van der Waals surface area contributed by atoms with Crippen molar-refractivity contribution in [2.75, 3.05) is 7.11 Å². The molecule has 0 unspecified atom stereocenters. The molecule has 0 saturated heterocycles. The minimum Gasteiger partial charge on any atom is -0.464 e. The van der Waals surface area contributed by atoms with Gasteiger partial charge in [-0.2, -0.15) is 0 Å². The topological polar surface area (TPSA) is 74.4 Å². The smallest absolute Gasteiger partial charge is 0.355 e. The first-order valence-corrected chi connectivity index (χ1v) is 8.13.